The first-order valence-corrected chi connectivity index (χ1v) is 5.36. The van der Waals surface area contributed by atoms with Gasteiger partial charge in [0.1, 0.15) is 11.6 Å². The first-order valence-electron chi connectivity index (χ1n) is 4.57. The number of ether oxygens (including phenoxy) is 1. The van der Waals surface area contributed by atoms with Crippen molar-refractivity contribution >= 4 is 21.8 Å². The molecule has 1 aromatic carbocycles. The number of nitrogens with two attached hydrogens (primary N) is 1. The summed E-state index contributed by atoms with van der Waals surface area (Å²) in [6, 6.07) is 7.60. The molecule has 1 aromatic rings. The van der Waals surface area contributed by atoms with Gasteiger partial charge in [0.25, 0.3) is 0 Å². The van der Waals surface area contributed by atoms with Crippen molar-refractivity contribution in [2.24, 2.45) is 10.9 Å². The van der Waals surface area contributed by atoms with Crippen molar-refractivity contribution in [3.8, 4) is 5.75 Å². The van der Waals surface area contributed by atoms with Crippen LogP contribution in [0.2, 0.25) is 0 Å². The molecule has 0 atom stereocenters. The van der Waals surface area contributed by atoms with Gasteiger partial charge < -0.3 is 15.7 Å². The van der Waals surface area contributed by atoms with Crippen molar-refractivity contribution in [2.75, 3.05) is 6.61 Å². The van der Waals surface area contributed by atoms with Gasteiger partial charge in [0, 0.05) is 10.9 Å². The number of rotatable bonds is 5. The summed E-state index contributed by atoms with van der Waals surface area (Å²) in [6.07, 6.45) is 1.26. The van der Waals surface area contributed by atoms with Gasteiger partial charge in [-0.15, -0.1) is 0 Å². The van der Waals surface area contributed by atoms with Gasteiger partial charge >= 0.3 is 0 Å². The molecule has 0 spiro atoms. The fraction of sp³-hybridized carbons (Fsp3) is 0.300. The molecule has 0 aromatic heterocycles. The van der Waals surface area contributed by atoms with Crippen LogP contribution in [0.3, 0.4) is 0 Å². The van der Waals surface area contributed by atoms with Crippen LogP contribution in [0.15, 0.2) is 33.9 Å². The monoisotopic (exact) mass is 272 g/mol. The highest BCUT2D eigenvalue weighted by atomic mass is 79.9. The minimum atomic E-state index is 0.231. The average molecular weight is 273 g/mol. The highest BCUT2D eigenvalue weighted by molar-refractivity contribution is 9.10. The Labute approximate surface area is 96.9 Å². The molecule has 0 radical (unpaired) electrons. The van der Waals surface area contributed by atoms with Gasteiger partial charge in [0.05, 0.1) is 6.61 Å². The molecule has 82 valence electrons. The van der Waals surface area contributed by atoms with Crippen LogP contribution in [0.4, 0.5) is 0 Å². The lowest BCUT2D eigenvalue weighted by Gasteiger charge is -2.05. The summed E-state index contributed by atoms with van der Waals surface area (Å²) < 4.78 is 6.46. The summed E-state index contributed by atoms with van der Waals surface area (Å²) in [5.41, 5.74) is 5.31. The van der Waals surface area contributed by atoms with E-state index >= 15 is 0 Å². The Bertz CT molecular complexity index is 325. The molecular weight excluding hydrogens is 260 g/mol. The van der Waals surface area contributed by atoms with Gasteiger partial charge in [-0.05, 0) is 30.7 Å². The molecule has 1 rings (SSSR count). The van der Waals surface area contributed by atoms with E-state index in [0.717, 1.165) is 16.6 Å². The fourth-order valence-electron chi connectivity index (χ4n) is 1.02. The topological polar surface area (TPSA) is 67.8 Å². The van der Waals surface area contributed by atoms with Crippen LogP contribution in [0.25, 0.3) is 0 Å². The van der Waals surface area contributed by atoms with Crippen molar-refractivity contribution < 1.29 is 9.94 Å². The largest absolute Gasteiger partial charge is 0.494 e. The van der Waals surface area contributed by atoms with Gasteiger partial charge in [-0.25, -0.2) is 0 Å². The van der Waals surface area contributed by atoms with Crippen molar-refractivity contribution in [2.45, 2.75) is 12.8 Å². The lowest BCUT2D eigenvalue weighted by Crippen LogP contribution is -2.12. The van der Waals surface area contributed by atoms with E-state index in [1.54, 1.807) is 0 Å². The highest BCUT2D eigenvalue weighted by Gasteiger charge is 1.96. The smallest absolute Gasteiger partial charge is 0.139 e. The molecule has 0 amide bonds. The minimum absolute atomic E-state index is 0.231. The highest BCUT2D eigenvalue weighted by Crippen LogP contribution is 2.16. The van der Waals surface area contributed by atoms with E-state index in [0.29, 0.717) is 13.0 Å². The summed E-state index contributed by atoms with van der Waals surface area (Å²) >= 11 is 3.34. The SMILES string of the molecule is N/C(CCCOc1ccc(Br)cc1)=N\O. The summed E-state index contributed by atoms with van der Waals surface area (Å²) in [6.45, 7) is 0.553. The third-order valence-corrected chi connectivity index (χ3v) is 2.32. The van der Waals surface area contributed by atoms with Gasteiger partial charge in [-0.1, -0.05) is 21.1 Å². The Morgan fingerprint density at radius 1 is 1.40 bits per heavy atom. The molecule has 0 saturated carbocycles. The van der Waals surface area contributed by atoms with Crippen molar-refractivity contribution in [1.82, 2.24) is 0 Å². The molecule has 0 fully saturated rings. The lowest BCUT2D eigenvalue weighted by molar-refractivity contribution is 0.305. The number of oxime groups is 1. The van der Waals surface area contributed by atoms with Gasteiger partial charge in [0.2, 0.25) is 0 Å². The zero-order chi connectivity index (χ0) is 11.1. The Morgan fingerprint density at radius 3 is 2.67 bits per heavy atom. The third kappa shape index (κ3) is 4.69. The Kier molecular flexibility index (Phi) is 4.97. The molecule has 0 aliphatic heterocycles. The first kappa shape index (κ1) is 11.8. The maximum atomic E-state index is 8.30. The second-order valence-corrected chi connectivity index (χ2v) is 3.91. The average Bonchev–Trinajstić information content (AvgIpc) is 2.26. The van der Waals surface area contributed by atoms with Crippen LogP contribution in [0, 0.1) is 0 Å². The number of nitrogens with zero attached hydrogens (tertiary/aromatic N) is 1. The first-order chi connectivity index (χ1) is 7.22. The van der Waals surface area contributed by atoms with Gasteiger partial charge in [0.15, 0.2) is 0 Å². The van der Waals surface area contributed by atoms with Crippen LogP contribution in [-0.4, -0.2) is 17.6 Å². The molecule has 0 aliphatic rings. The second-order valence-electron chi connectivity index (χ2n) is 3.00. The molecule has 0 saturated heterocycles. The molecular formula is C10H13BrN2O2. The minimum Gasteiger partial charge on any atom is -0.494 e. The van der Waals surface area contributed by atoms with Crippen molar-refractivity contribution in [1.29, 1.82) is 0 Å². The standard InChI is InChI=1S/C10H13BrN2O2/c11-8-3-5-9(6-4-8)15-7-1-2-10(12)13-14/h3-6,14H,1-2,7H2,(H2,12,13). The van der Waals surface area contributed by atoms with Gasteiger partial charge in [-0.3, -0.25) is 0 Å². The van der Waals surface area contributed by atoms with E-state index in [1.165, 1.54) is 0 Å². The molecule has 0 unspecified atom stereocenters. The normalized spacial score (nSPS) is 11.4. The predicted molar refractivity (Wildman–Crippen MR) is 62.3 cm³/mol. The van der Waals surface area contributed by atoms with E-state index in [1.807, 2.05) is 24.3 Å². The summed E-state index contributed by atoms with van der Waals surface area (Å²) in [5, 5.41) is 11.2. The molecule has 15 heavy (non-hydrogen) atoms. The molecule has 0 bridgehead atoms. The van der Waals surface area contributed by atoms with E-state index < -0.39 is 0 Å². The van der Waals surface area contributed by atoms with Crippen LogP contribution in [0.5, 0.6) is 5.75 Å². The van der Waals surface area contributed by atoms with E-state index in [-0.39, 0.29) is 5.84 Å². The summed E-state index contributed by atoms with van der Waals surface area (Å²) in [7, 11) is 0. The zero-order valence-corrected chi connectivity index (χ0v) is 9.77. The fourth-order valence-corrected chi connectivity index (χ4v) is 1.29. The molecule has 3 N–H and O–H groups in total. The van der Waals surface area contributed by atoms with Crippen LogP contribution in [0.1, 0.15) is 12.8 Å². The molecule has 5 heteroatoms. The van der Waals surface area contributed by atoms with Crippen molar-refractivity contribution in [3.63, 3.8) is 0 Å². The molecule has 4 nitrogen and oxygen atoms in total. The number of hydrogen-bond acceptors (Lipinski definition) is 3. The number of hydrogen-bond donors (Lipinski definition) is 2. The van der Waals surface area contributed by atoms with E-state index in [4.69, 9.17) is 15.7 Å². The second kappa shape index (κ2) is 6.29. The number of halogens is 1. The number of benzene rings is 1. The Hall–Kier alpha value is -1.23. The quantitative estimate of drug-likeness (QED) is 0.284. The maximum absolute atomic E-state index is 8.30. The summed E-state index contributed by atoms with van der Waals surface area (Å²) in [5.74, 6) is 1.05. The summed E-state index contributed by atoms with van der Waals surface area (Å²) in [4.78, 5) is 0. The lowest BCUT2D eigenvalue weighted by atomic mass is 10.3. The van der Waals surface area contributed by atoms with Crippen LogP contribution in [-0.2, 0) is 0 Å². The number of amidine groups is 1. The van der Waals surface area contributed by atoms with Crippen LogP contribution < -0.4 is 10.5 Å². The van der Waals surface area contributed by atoms with E-state index in [2.05, 4.69) is 21.1 Å². The predicted octanol–water partition coefficient (Wildman–Crippen LogP) is 2.35. The van der Waals surface area contributed by atoms with Gasteiger partial charge in [-0.2, -0.15) is 0 Å². The molecule has 0 heterocycles. The van der Waals surface area contributed by atoms with Crippen molar-refractivity contribution in [3.05, 3.63) is 28.7 Å². The van der Waals surface area contributed by atoms with E-state index in [9.17, 15) is 0 Å². The maximum Gasteiger partial charge on any atom is 0.139 e. The zero-order valence-electron chi connectivity index (χ0n) is 8.19. The van der Waals surface area contributed by atoms with Crippen LogP contribution >= 0.6 is 15.9 Å². The Morgan fingerprint density at radius 2 is 2.07 bits per heavy atom. The third-order valence-electron chi connectivity index (χ3n) is 1.79. The molecule has 0 aliphatic carbocycles. The Balaban J connectivity index is 2.23.